The summed E-state index contributed by atoms with van der Waals surface area (Å²) in [6, 6.07) is 9.07. The number of ether oxygens (including phenoxy) is 3. The van der Waals surface area contributed by atoms with E-state index >= 15 is 0 Å². The Kier molecular flexibility index (Phi) is 2.74. The lowest BCUT2D eigenvalue weighted by atomic mass is 10.3. The summed E-state index contributed by atoms with van der Waals surface area (Å²) in [5.74, 6) is 2.60. The highest BCUT2D eigenvalue weighted by Crippen LogP contribution is 2.36. The molecule has 0 bridgehead atoms. The van der Waals surface area contributed by atoms with Gasteiger partial charge in [-0.25, -0.2) is 4.98 Å². The van der Waals surface area contributed by atoms with Gasteiger partial charge in [-0.05, 0) is 17.7 Å². The minimum atomic E-state index is 0.252. The fourth-order valence-corrected chi connectivity index (χ4v) is 1.65. The Labute approximate surface area is 104 Å². The molecule has 0 aliphatic carbocycles. The Bertz CT molecular complexity index is 555. The number of aromatic nitrogens is 1. The summed E-state index contributed by atoms with van der Waals surface area (Å²) in [6.45, 7) is 0.722. The van der Waals surface area contributed by atoms with E-state index in [0.29, 0.717) is 23.9 Å². The summed E-state index contributed by atoms with van der Waals surface area (Å²) in [5.41, 5.74) is 6.47. The van der Waals surface area contributed by atoms with Gasteiger partial charge >= 0.3 is 0 Å². The molecule has 92 valence electrons. The SMILES string of the molecule is NCc1ccc(Oc2ccc3c(c2)OCO3)nc1. The zero-order valence-electron chi connectivity index (χ0n) is 9.63. The van der Waals surface area contributed by atoms with Crippen molar-refractivity contribution >= 4 is 0 Å². The predicted octanol–water partition coefficient (Wildman–Crippen LogP) is 2.06. The van der Waals surface area contributed by atoms with Crippen LogP contribution in [0.1, 0.15) is 5.56 Å². The minimum Gasteiger partial charge on any atom is -0.454 e. The van der Waals surface area contributed by atoms with Gasteiger partial charge in [-0.15, -0.1) is 0 Å². The molecule has 0 amide bonds. The van der Waals surface area contributed by atoms with Crippen LogP contribution in [-0.2, 0) is 6.54 Å². The van der Waals surface area contributed by atoms with Crippen molar-refractivity contribution in [1.82, 2.24) is 4.98 Å². The molecule has 18 heavy (non-hydrogen) atoms. The van der Waals surface area contributed by atoms with Crippen molar-refractivity contribution in [2.24, 2.45) is 5.73 Å². The van der Waals surface area contributed by atoms with E-state index in [1.54, 1.807) is 18.3 Å². The number of pyridine rings is 1. The zero-order chi connectivity index (χ0) is 12.4. The average Bonchev–Trinajstić information content (AvgIpc) is 2.87. The van der Waals surface area contributed by atoms with E-state index in [1.807, 2.05) is 18.2 Å². The third-order valence-electron chi connectivity index (χ3n) is 2.60. The van der Waals surface area contributed by atoms with Gasteiger partial charge < -0.3 is 19.9 Å². The van der Waals surface area contributed by atoms with E-state index in [-0.39, 0.29) is 6.79 Å². The van der Waals surface area contributed by atoms with Gasteiger partial charge in [0.05, 0.1) is 0 Å². The molecule has 5 heteroatoms. The van der Waals surface area contributed by atoms with Crippen LogP contribution in [0, 0.1) is 0 Å². The van der Waals surface area contributed by atoms with Crippen molar-refractivity contribution in [2.45, 2.75) is 6.54 Å². The fraction of sp³-hybridized carbons (Fsp3) is 0.154. The third kappa shape index (κ3) is 2.08. The number of hydrogen-bond acceptors (Lipinski definition) is 5. The number of rotatable bonds is 3. The number of hydrogen-bond donors (Lipinski definition) is 1. The number of benzene rings is 1. The van der Waals surface area contributed by atoms with Crippen LogP contribution in [0.4, 0.5) is 0 Å². The molecule has 0 saturated carbocycles. The molecular weight excluding hydrogens is 232 g/mol. The van der Waals surface area contributed by atoms with E-state index in [9.17, 15) is 0 Å². The number of fused-ring (bicyclic) bond motifs is 1. The van der Waals surface area contributed by atoms with Gasteiger partial charge in [0.25, 0.3) is 0 Å². The molecule has 1 aromatic heterocycles. The minimum absolute atomic E-state index is 0.252. The van der Waals surface area contributed by atoms with Gasteiger partial charge in [0.1, 0.15) is 5.75 Å². The van der Waals surface area contributed by atoms with Crippen molar-refractivity contribution in [2.75, 3.05) is 6.79 Å². The van der Waals surface area contributed by atoms with Crippen molar-refractivity contribution < 1.29 is 14.2 Å². The van der Waals surface area contributed by atoms with Crippen molar-refractivity contribution in [3.8, 4) is 23.1 Å². The van der Waals surface area contributed by atoms with Gasteiger partial charge in [0, 0.05) is 24.9 Å². The molecule has 2 N–H and O–H groups in total. The monoisotopic (exact) mass is 244 g/mol. The topological polar surface area (TPSA) is 66.6 Å². The summed E-state index contributed by atoms with van der Waals surface area (Å²) in [6.07, 6.45) is 1.70. The zero-order valence-corrected chi connectivity index (χ0v) is 9.63. The Morgan fingerprint density at radius 1 is 1.17 bits per heavy atom. The largest absolute Gasteiger partial charge is 0.454 e. The molecule has 2 aromatic rings. The third-order valence-corrected chi connectivity index (χ3v) is 2.60. The molecule has 0 atom stereocenters. The van der Waals surface area contributed by atoms with Crippen LogP contribution in [0.3, 0.4) is 0 Å². The number of nitrogens with zero attached hydrogens (tertiary/aromatic N) is 1. The fourth-order valence-electron chi connectivity index (χ4n) is 1.65. The maximum absolute atomic E-state index is 5.62. The summed E-state index contributed by atoms with van der Waals surface area (Å²) in [5, 5.41) is 0. The van der Waals surface area contributed by atoms with Crippen molar-refractivity contribution in [3.05, 3.63) is 42.1 Å². The highest BCUT2D eigenvalue weighted by molar-refractivity contribution is 5.47. The van der Waals surface area contributed by atoms with Crippen LogP contribution in [0.2, 0.25) is 0 Å². The second kappa shape index (κ2) is 4.54. The molecule has 2 heterocycles. The summed E-state index contributed by atoms with van der Waals surface area (Å²) >= 11 is 0. The highest BCUT2D eigenvalue weighted by atomic mass is 16.7. The quantitative estimate of drug-likeness (QED) is 0.895. The maximum Gasteiger partial charge on any atom is 0.231 e. The normalized spacial score (nSPS) is 12.5. The molecule has 1 aromatic carbocycles. The van der Waals surface area contributed by atoms with Crippen LogP contribution < -0.4 is 19.9 Å². The molecule has 3 rings (SSSR count). The lowest BCUT2D eigenvalue weighted by Gasteiger charge is -2.05. The van der Waals surface area contributed by atoms with Crippen LogP contribution >= 0.6 is 0 Å². The average molecular weight is 244 g/mol. The highest BCUT2D eigenvalue weighted by Gasteiger charge is 2.14. The van der Waals surface area contributed by atoms with Crippen LogP contribution in [-0.4, -0.2) is 11.8 Å². The van der Waals surface area contributed by atoms with E-state index in [1.165, 1.54) is 0 Å². The van der Waals surface area contributed by atoms with Gasteiger partial charge in [0.15, 0.2) is 11.5 Å². The Morgan fingerprint density at radius 3 is 2.83 bits per heavy atom. The molecule has 0 unspecified atom stereocenters. The van der Waals surface area contributed by atoms with Crippen molar-refractivity contribution in [3.63, 3.8) is 0 Å². The summed E-state index contributed by atoms with van der Waals surface area (Å²) in [4.78, 5) is 4.16. The molecule has 0 radical (unpaired) electrons. The Balaban J connectivity index is 1.79. The predicted molar refractivity (Wildman–Crippen MR) is 64.8 cm³/mol. The van der Waals surface area contributed by atoms with E-state index in [2.05, 4.69) is 4.98 Å². The summed E-state index contributed by atoms with van der Waals surface area (Å²) < 4.78 is 16.1. The lowest BCUT2D eigenvalue weighted by Crippen LogP contribution is -1.97. The van der Waals surface area contributed by atoms with Crippen LogP contribution in [0.5, 0.6) is 23.1 Å². The van der Waals surface area contributed by atoms with Gasteiger partial charge in [-0.3, -0.25) is 0 Å². The molecule has 0 spiro atoms. The molecule has 1 aliphatic heterocycles. The van der Waals surface area contributed by atoms with E-state index in [0.717, 1.165) is 11.3 Å². The molecular formula is C13H12N2O3. The van der Waals surface area contributed by atoms with Gasteiger partial charge in [-0.1, -0.05) is 6.07 Å². The molecule has 0 fully saturated rings. The first-order valence-corrected chi connectivity index (χ1v) is 5.57. The second-order valence-corrected chi connectivity index (χ2v) is 3.83. The van der Waals surface area contributed by atoms with E-state index in [4.69, 9.17) is 19.9 Å². The number of nitrogens with two attached hydrogens (primary N) is 1. The Morgan fingerprint density at radius 2 is 2.06 bits per heavy atom. The van der Waals surface area contributed by atoms with E-state index < -0.39 is 0 Å². The smallest absolute Gasteiger partial charge is 0.231 e. The lowest BCUT2D eigenvalue weighted by molar-refractivity contribution is 0.174. The van der Waals surface area contributed by atoms with Crippen molar-refractivity contribution in [1.29, 1.82) is 0 Å². The Hall–Kier alpha value is -2.27. The first-order chi connectivity index (χ1) is 8.85. The molecule has 0 saturated heterocycles. The van der Waals surface area contributed by atoms with Crippen LogP contribution in [0.25, 0.3) is 0 Å². The van der Waals surface area contributed by atoms with Gasteiger partial charge in [0.2, 0.25) is 12.7 Å². The van der Waals surface area contributed by atoms with Crippen LogP contribution in [0.15, 0.2) is 36.5 Å². The first-order valence-electron chi connectivity index (χ1n) is 5.57. The molecule has 5 nitrogen and oxygen atoms in total. The first kappa shape index (κ1) is 10.9. The van der Waals surface area contributed by atoms with Gasteiger partial charge in [-0.2, -0.15) is 0 Å². The standard InChI is InChI=1S/C13H12N2O3/c14-6-9-1-4-13(15-7-9)18-10-2-3-11-12(5-10)17-8-16-11/h1-5,7H,6,8,14H2. The summed E-state index contributed by atoms with van der Waals surface area (Å²) in [7, 11) is 0. The molecule has 1 aliphatic rings. The second-order valence-electron chi connectivity index (χ2n) is 3.83. The maximum atomic E-state index is 5.62.